The van der Waals surface area contributed by atoms with E-state index in [4.69, 9.17) is 0 Å². The van der Waals surface area contributed by atoms with Crippen LogP contribution in [-0.4, -0.2) is 11.7 Å². The molecule has 0 spiro atoms. The second-order valence-corrected chi connectivity index (χ2v) is 6.93. The second-order valence-electron chi connectivity index (χ2n) is 6.93. The normalized spacial score (nSPS) is 16.2. The Morgan fingerprint density at radius 2 is 1.84 bits per heavy atom. The van der Waals surface area contributed by atoms with Gasteiger partial charge in [0, 0.05) is 18.4 Å². The van der Waals surface area contributed by atoms with Gasteiger partial charge in [-0.3, -0.25) is 9.59 Å². The lowest BCUT2D eigenvalue weighted by molar-refractivity contribution is -0.121. The smallest absolute Gasteiger partial charge is 0.220 e. The van der Waals surface area contributed by atoms with Gasteiger partial charge in [0.05, 0.1) is 6.04 Å². The van der Waals surface area contributed by atoms with Crippen molar-refractivity contribution in [3.05, 3.63) is 70.3 Å². The lowest BCUT2D eigenvalue weighted by atomic mass is 9.87. The van der Waals surface area contributed by atoms with E-state index in [9.17, 15) is 9.59 Å². The molecule has 3 rings (SSSR count). The van der Waals surface area contributed by atoms with Crippen molar-refractivity contribution >= 4 is 11.7 Å². The number of Topliss-reactive ketones (excluding diaryl/α,β-unsaturated/α-hetero) is 1. The Labute approximate surface area is 149 Å². The molecule has 3 heteroatoms. The molecule has 1 aliphatic rings. The van der Waals surface area contributed by atoms with Crippen molar-refractivity contribution in [3.63, 3.8) is 0 Å². The highest BCUT2D eigenvalue weighted by Gasteiger charge is 2.21. The third-order valence-electron chi connectivity index (χ3n) is 5.11. The van der Waals surface area contributed by atoms with Crippen LogP contribution in [0.5, 0.6) is 0 Å². The average molecular weight is 335 g/mol. The van der Waals surface area contributed by atoms with Gasteiger partial charge in [-0.25, -0.2) is 0 Å². The van der Waals surface area contributed by atoms with Crippen molar-refractivity contribution in [2.75, 3.05) is 0 Å². The lowest BCUT2D eigenvalue weighted by Crippen LogP contribution is -2.31. The molecule has 2 aromatic rings. The zero-order valence-electron chi connectivity index (χ0n) is 15.0. The number of carbonyl (C=O) groups is 2. The Balaban J connectivity index is 1.57. The molecule has 0 unspecified atom stereocenters. The molecule has 0 fully saturated rings. The monoisotopic (exact) mass is 335 g/mol. The fraction of sp³-hybridized carbons (Fsp3) is 0.364. The molecule has 0 radical (unpaired) electrons. The molecule has 25 heavy (non-hydrogen) atoms. The SMILES string of the molecule is Cc1ccc(C(=O)CCC(=O)N[C@@H]2CCCc3ccccc32)cc1C. The number of rotatable bonds is 5. The Bertz CT molecular complexity index is 794. The predicted molar refractivity (Wildman–Crippen MR) is 99.7 cm³/mol. The predicted octanol–water partition coefficient (Wildman–Crippen LogP) is 4.46. The van der Waals surface area contributed by atoms with Crippen LogP contribution in [0.3, 0.4) is 0 Å². The first-order chi connectivity index (χ1) is 12.0. The van der Waals surface area contributed by atoms with Gasteiger partial charge < -0.3 is 5.32 Å². The van der Waals surface area contributed by atoms with E-state index in [2.05, 4.69) is 17.4 Å². The van der Waals surface area contributed by atoms with E-state index in [1.165, 1.54) is 16.7 Å². The molecule has 1 aliphatic carbocycles. The zero-order chi connectivity index (χ0) is 17.8. The Morgan fingerprint density at radius 1 is 1.04 bits per heavy atom. The molecule has 2 aromatic carbocycles. The molecule has 1 amide bonds. The molecular formula is C22H25NO2. The summed E-state index contributed by atoms with van der Waals surface area (Å²) >= 11 is 0. The number of nitrogens with one attached hydrogen (secondary N) is 1. The number of amides is 1. The maximum Gasteiger partial charge on any atom is 0.220 e. The second kappa shape index (κ2) is 7.64. The van der Waals surface area contributed by atoms with Gasteiger partial charge in [-0.1, -0.05) is 36.4 Å². The highest BCUT2D eigenvalue weighted by atomic mass is 16.2. The highest BCUT2D eigenvalue weighted by Crippen LogP contribution is 2.29. The van der Waals surface area contributed by atoms with E-state index >= 15 is 0 Å². The first kappa shape index (κ1) is 17.4. The molecule has 130 valence electrons. The number of aryl methyl sites for hydroxylation is 3. The van der Waals surface area contributed by atoms with Crippen LogP contribution in [0, 0.1) is 13.8 Å². The van der Waals surface area contributed by atoms with E-state index in [0.717, 1.165) is 24.8 Å². The van der Waals surface area contributed by atoms with Crippen LogP contribution in [0.4, 0.5) is 0 Å². The number of benzene rings is 2. The largest absolute Gasteiger partial charge is 0.349 e. The van der Waals surface area contributed by atoms with Crippen molar-refractivity contribution in [3.8, 4) is 0 Å². The molecule has 1 N–H and O–H groups in total. The highest BCUT2D eigenvalue weighted by molar-refractivity contribution is 5.98. The summed E-state index contributed by atoms with van der Waals surface area (Å²) in [4.78, 5) is 24.6. The first-order valence-electron chi connectivity index (χ1n) is 9.02. The Kier molecular flexibility index (Phi) is 5.32. The van der Waals surface area contributed by atoms with Gasteiger partial charge in [0.25, 0.3) is 0 Å². The molecular weight excluding hydrogens is 310 g/mol. The van der Waals surface area contributed by atoms with Gasteiger partial charge in [0.15, 0.2) is 5.78 Å². The maximum atomic E-state index is 12.3. The molecule has 0 bridgehead atoms. The van der Waals surface area contributed by atoms with Crippen LogP contribution in [0.2, 0.25) is 0 Å². The van der Waals surface area contributed by atoms with E-state index in [-0.39, 0.29) is 30.6 Å². The van der Waals surface area contributed by atoms with E-state index in [1.807, 2.05) is 44.2 Å². The third-order valence-corrected chi connectivity index (χ3v) is 5.11. The quantitative estimate of drug-likeness (QED) is 0.820. The molecule has 3 nitrogen and oxygen atoms in total. The fourth-order valence-electron chi connectivity index (χ4n) is 3.46. The maximum absolute atomic E-state index is 12.3. The lowest BCUT2D eigenvalue weighted by Gasteiger charge is -2.26. The molecule has 0 aromatic heterocycles. The number of fused-ring (bicyclic) bond motifs is 1. The van der Waals surface area contributed by atoms with Crippen molar-refractivity contribution in [2.24, 2.45) is 0 Å². The van der Waals surface area contributed by atoms with Gasteiger partial charge in [-0.2, -0.15) is 0 Å². The van der Waals surface area contributed by atoms with Gasteiger partial charge in [0.1, 0.15) is 0 Å². The van der Waals surface area contributed by atoms with Crippen LogP contribution in [0.1, 0.15) is 64.3 Å². The van der Waals surface area contributed by atoms with Crippen LogP contribution >= 0.6 is 0 Å². The summed E-state index contributed by atoms with van der Waals surface area (Å²) in [7, 11) is 0. The van der Waals surface area contributed by atoms with Gasteiger partial charge in [0.2, 0.25) is 5.91 Å². The van der Waals surface area contributed by atoms with Crippen LogP contribution in [0.15, 0.2) is 42.5 Å². The van der Waals surface area contributed by atoms with Gasteiger partial charge in [-0.05, 0) is 61.4 Å². The number of hydrogen-bond acceptors (Lipinski definition) is 2. The van der Waals surface area contributed by atoms with E-state index in [1.54, 1.807) is 0 Å². The Morgan fingerprint density at radius 3 is 2.64 bits per heavy atom. The van der Waals surface area contributed by atoms with Crippen molar-refractivity contribution in [1.29, 1.82) is 0 Å². The molecule has 0 saturated carbocycles. The standard InChI is InChI=1S/C22H25NO2/c1-15-10-11-18(14-16(15)2)21(24)12-13-22(25)23-20-9-5-7-17-6-3-4-8-19(17)20/h3-4,6,8,10-11,14,20H,5,7,9,12-13H2,1-2H3,(H,23,25)/t20-/m1/s1. The number of ketones is 1. The average Bonchev–Trinajstić information content (AvgIpc) is 2.62. The minimum absolute atomic E-state index is 0.0299. The number of hydrogen-bond donors (Lipinski definition) is 1. The summed E-state index contributed by atoms with van der Waals surface area (Å²) in [6.07, 6.45) is 3.62. The van der Waals surface area contributed by atoms with Gasteiger partial charge in [-0.15, -0.1) is 0 Å². The summed E-state index contributed by atoms with van der Waals surface area (Å²) in [5, 5.41) is 3.11. The van der Waals surface area contributed by atoms with Crippen LogP contribution in [0.25, 0.3) is 0 Å². The first-order valence-corrected chi connectivity index (χ1v) is 9.02. The summed E-state index contributed by atoms with van der Waals surface area (Å²) in [5.74, 6) is -0.0128. The van der Waals surface area contributed by atoms with Crippen molar-refractivity contribution in [1.82, 2.24) is 5.32 Å². The van der Waals surface area contributed by atoms with Gasteiger partial charge >= 0.3 is 0 Å². The minimum atomic E-state index is -0.0427. The third kappa shape index (κ3) is 4.16. The Hall–Kier alpha value is -2.42. The summed E-state index contributed by atoms with van der Waals surface area (Å²) in [6.45, 7) is 4.03. The molecule has 0 saturated heterocycles. The number of carbonyl (C=O) groups excluding carboxylic acids is 2. The zero-order valence-corrected chi connectivity index (χ0v) is 15.0. The van der Waals surface area contributed by atoms with E-state index in [0.29, 0.717) is 5.56 Å². The summed E-state index contributed by atoms with van der Waals surface area (Å²) in [5.41, 5.74) is 5.52. The van der Waals surface area contributed by atoms with Crippen molar-refractivity contribution < 1.29 is 9.59 Å². The van der Waals surface area contributed by atoms with Crippen LogP contribution in [-0.2, 0) is 11.2 Å². The summed E-state index contributed by atoms with van der Waals surface area (Å²) in [6, 6.07) is 14.1. The van der Waals surface area contributed by atoms with Crippen molar-refractivity contribution in [2.45, 2.75) is 52.0 Å². The van der Waals surface area contributed by atoms with Crippen LogP contribution < -0.4 is 5.32 Å². The summed E-state index contributed by atoms with van der Waals surface area (Å²) < 4.78 is 0. The minimum Gasteiger partial charge on any atom is -0.349 e. The fourth-order valence-corrected chi connectivity index (χ4v) is 3.46. The molecule has 0 aliphatic heterocycles. The van der Waals surface area contributed by atoms with E-state index < -0.39 is 0 Å². The molecule has 1 atom stereocenters. The molecule has 0 heterocycles. The topological polar surface area (TPSA) is 46.2 Å².